The predicted octanol–water partition coefficient (Wildman–Crippen LogP) is 1.75. The smallest absolute Gasteiger partial charge is 0.344 e. The van der Waals surface area contributed by atoms with E-state index in [4.69, 9.17) is 9.84 Å². The summed E-state index contributed by atoms with van der Waals surface area (Å²) < 4.78 is 5.57. The summed E-state index contributed by atoms with van der Waals surface area (Å²) >= 11 is 0. The van der Waals surface area contributed by atoms with Gasteiger partial charge in [-0.15, -0.1) is 0 Å². The number of aliphatic carboxylic acids is 1. The maximum atomic E-state index is 12.7. The highest BCUT2D eigenvalue weighted by Gasteiger charge is 2.59. The van der Waals surface area contributed by atoms with Gasteiger partial charge >= 0.3 is 5.97 Å². The monoisotopic (exact) mass is 397 g/mol. The first-order valence-corrected chi connectivity index (χ1v) is 9.59. The van der Waals surface area contributed by atoms with Crippen LogP contribution in [0.2, 0.25) is 0 Å². The lowest BCUT2D eigenvalue weighted by atomic mass is 9.85. The van der Waals surface area contributed by atoms with Crippen LogP contribution in [0.4, 0.5) is 5.69 Å². The summed E-state index contributed by atoms with van der Waals surface area (Å²) in [4.78, 5) is 38.5. The van der Waals surface area contributed by atoms with E-state index in [-0.39, 0.29) is 35.5 Å². The highest BCUT2D eigenvalue weighted by Crippen LogP contribution is 2.52. The number of carbonyl (C=O) groups is 3. The number of fused-ring (bicyclic) bond motifs is 5. The van der Waals surface area contributed by atoms with Crippen LogP contribution in [0.1, 0.15) is 18.9 Å². The van der Waals surface area contributed by atoms with Crippen molar-refractivity contribution in [2.45, 2.75) is 19.4 Å². The molecule has 4 rings (SSSR count). The zero-order chi connectivity index (χ0) is 20.9. The fourth-order valence-corrected chi connectivity index (χ4v) is 4.37. The summed E-state index contributed by atoms with van der Waals surface area (Å²) in [5.74, 6) is -1.69. The number of allylic oxidation sites excluding steroid dienone is 2. The van der Waals surface area contributed by atoms with E-state index in [1.165, 1.54) is 13.1 Å². The molecule has 5 atom stereocenters. The van der Waals surface area contributed by atoms with Crippen LogP contribution >= 0.6 is 0 Å². The number of hydrogen-bond acceptors (Lipinski definition) is 6. The summed E-state index contributed by atoms with van der Waals surface area (Å²) in [6, 6.07) is 5.25. The maximum absolute atomic E-state index is 12.7. The molecule has 29 heavy (non-hydrogen) atoms. The van der Waals surface area contributed by atoms with Crippen molar-refractivity contribution < 1.29 is 24.2 Å². The van der Waals surface area contributed by atoms with Gasteiger partial charge in [-0.05, 0) is 37.3 Å². The van der Waals surface area contributed by atoms with Crippen LogP contribution in [0, 0.1) is 23.7 Å². The fraction of sp³-hybridized carbons (Fsp3) is 0.429. The molecule has 0 spiro atoms. The third-order valence-corrected chi connectivity index (χ3v) is 5.92. The molecule has 1 saturated carbocycles. The van der Waals surface area contributed by atoms with E-state index in [9.17, 15) is 14.4 Å². The number of nitrogens with zero attached hydrogens (tertiary/aromatic N) is 3. The average Bonchev–Trinajstić information content (AvgIpc) is 3.35. The Kier molecular flexibility index (Phi) is 4.64. The van der Waals surface area contributed by atoms with E-state index in [1.807, 2.05) is 37.2 Å². The highest BCUT2D eigenvalue weighted by atomic mass is 16.5. The Bertz CT molecular complexity index is 908. The zero-order valence-corrected chi connectivity index (χ0v) is 16.5. The van der Waals surface area contributed by atoms with Crippen molar-refractivity contribution in [1.82, 2.24) is 5.01 Å². The summed E-state index contributed by atoms with van der Waals surface area (Å²) in [5.41, 5.74) is 1.31. The number of carboxylic acid groups (broad SMARTS) is 1. The van der Waals surface area contributed by atoms with Gasteiger partial charge in [-0.1, -0.05) is 12.2 Å². The van der Waals surface area contributed by atoms with Crippen LogP contribution in [0.15, 0.2) is 35.5 Å². The minimum absolute atomic E-state index is 0.122. The molecule has 0 unspecified atom stereocenters. The summed E-state index contributed by atoms with van der Waals surface area (Å²) in [6.07, 6.45) is 5.25. The van der Waals surface area contributed by atoms with Gasteiger partial charge in [0.1, 0.15) is 5.75 Å². The van der Waals surface area contributed by atoms with Crippen molar-refractivity contribution in [3.05, 3.63) is 35.9 Å². The number of rotatable bonds is 6. The molecule has 1 aromatic carbocycles. The van der Waals surface area contributed by atoms with Gasteiger partial charge in [0.05, 0.1) is 18.1 Å². The number of ether oxygens (including phenoxy) is 1. The second-order valence-corrected chi connectivity index (χ2v) is 7.95. The van der Waals surface area contributed by atoms with Crippen molar-refractivity contribution in [1.29, 1.82) is 0 Å². The minimum Gasteiger partial charge on any atom is -0.479 e. The Morgan fingerprint density at radius 1 is 1.24 bits per heavy atom. The Hall–Kier alpha value is -3.16. The number of benzene rings is 1. The molecule has 2 fully saturated rings. The quantitative estimate of drug-likeness (QED) is 0.446. The van der Waals surface area contributed by atoms with Gasteiger partial charge in [0.25, 0.3) is 11.8 Å². The molecule has 3 aliphatic rings. The van der Waals surface area contributed by atoms with Gasteiger partial charge in [-0.25, -0.2) is 4.79 Å². The third kappa shape index (κ3) is 3.18. The van der Waals surface area contributed by atoms with Gasteiger partial charge in [-0.2, -0.15) is 10.1 Å². The van der Waals surface area contributed by atoms with E-state index in [0.717, 1.165) is 17.1 Å². The number of anilines is 1. The fourth-order valence-electron chi connectivity index (χ4n) is 4.37. The van der Waals surface area contributed by atoms with Crippen LogP contribution < -0.4 is 9.64 Å². The van der Waals surface area contributed by atoms with Crippen LogP contribution in [-0.2, 0) is 14.4 Å². The number of imide groups is 1. The van der Waals surface area contributed by atoms with Crippen LogP contribution in [-0.4, -0.2) is 54.3 Å². The molecule has 1 N–H and O–H groups in total. The van der Waals surface area contributed by atoms with Crippen molar-refractivity contribution >= 4 is 29.7 Å². The SMILES string of the molecule is C[C@@H](Oc1cc(N(C)C)ccc1C=NN1C(=O)[C@@H]2[C@H](C1=O)[C@H]1C=C[C@H]2C1)C(=O)O. The van der Waals surface area contributed by atoms with Gasteiger partial charge in [-0.3, -0.25) is 9.59 Å². The molecule has 1 heterocycles. The predicted molar refractivity (Wildman–Crippen MR) is 106 cm³/mol. The lowest BCUT2D eigenvalue weighted by Crippen LogP contribution is -2.28. The largest absolute Gasteiger partial charge is 0.479 e. The van der Waals surface area contributed by atoms with Crippen LogP contribution in [0.3, 0.4) is 0 Å². The normalized spacial score (nSPS) is 28.3. The van der Waals surface area contributed by atoms with Gasteiger partial charge < -0.3 is 14.7 Å². The van der Waals surface area contributed by atoms with Crippen molar-refractivity contribution in [2.75, 3.05) is 19.0 Å². The van der Waals surface area contributed by atoms with E-state index < -0.39 is 12.1 Å². The molecule has 1 aromatic rings. The maximum Gasteiger partial charge on any atom is 0.344 e. The molecular weight excluding hydrogens is 374 g/mol. The molecule has 8 nitrogen and oxygen atoms in total. The summed E-state index contributed by atoms with van der Waals surface area (Å²) in [6.45, 7) is 1.43. The molecular formula is C21H23N3O5. The molecule has 2 aliphatic carbocycles. The van der Waals surface area contributed by atoms with Crippen LogP contribution in [0.5, 0.6) is 5.75 Å². The number of carbonyl (C=O) groups excluding carboxylic acids is 2. The molecule has 2 bridgehead atoms. The van der Waals surface area contributed by atoms with Crippen molar-refractivity contribution in [3.8, 4) is 5.75 Å². The Morgan fingerprint density at radius 2 is 1.86 bits per heavy atom. The van der Waals surface area contributed by atoms with E-state index in [2.05, 4.69) is 5.10 Å². The Morgan fingerprint density at radius 3 is 2.41 bits per heavy atom. The van der Waals surface area contributed by atoms with Gasteiger partial charge in [0, 0.05) is 31.4 Å². The van der Waals surface area contributed by atoms with E-state index in [0.29, 0.717) is 11.3 Å². The van der Waals surface area contributed by atoms with E-state index in [1.54, 1.807) is 12.1 Å². The van der Waals surface area contributed by atoms with Crippen molar-refractivity contribution in [2.24, 2.45) is 28.8 Å². The first kappa shape index (κ1) is 19.2. The topological polar surface area (TPSA) is 99.5 Å². The van der Waals surface area contributed by atoms with Crippen molar-refractivity contribution in [3.63, 3.8) is 0 Å². The van der Waals surface area contributed by atoms with E-state index >= 15 is 0 Å². The zero-order valence-electron chi connectivity index (χ0n) is 16.5. The second-order valence-electron chi connectivity index (χ2n) is 7.95. The molecule has 8 heteroatoms. The Labute approximate surface area is 168 Å². The molecule has 152 valence electrons. The summed E-state index contributed by atoms with van der Waals surface area (Å²) in [7, 11) is 3.71. The second kappa shape index (κ2) is 7.02. The molecule has 1 aliphatic heterocycles. The summed E-state index contributed by atoms with van der Waals surface area (Å²) in [5, 5.41) is 14.3. The highest BCUT2D eigenvalue weighted by molar-refractivity contribution is 6.07. The first-order chi connectivity index (χ1) is 13.8. The molecule has 0 radical (unpaired) electrons. The average molecular weight is 397 g/mol. The molecule has 2 amide bonds. The molecule has 1 saturated heterocycles. The number of amides is 2. The number of hydrazone groups is 1. The van der Waals surface area contributed by atoms with Gasteiger partial charge in [0.2, 0.25) is 0 Å². The standard InChI is InChI=1S/C21H23N3O5/c1-11(21(27)28)29-16-9-15(23(2)3)7-6-14(16)10-22-24-19(25)17-12-4-5-13(8-12)18(17)20(24)26/h4-7,9-13,17-18H,8H2,1-3H3,(H,27,28)/t11-,12+,13+,17-,18+/m1/s1. The Balaban J connectivity index is 1.60. The first-order valence-electron chi connectivity index (χ1n) is 9.59. The number of carboxylic acids is 1. The number of hydrogen-bond donors (Lipinski definition) is 1. The lowest BCUT2D eigenvalue weighted by Gasteiger charge is -2.18. The third-order valence-electron chi connectivity index (χ3n) is 5.92. The molecule has 0 aromatic heterocycles. The minimum atomic E-state index is -1.09. The lowest BCUT2D eigenvalue weighted by molar-refractivity contribution is -0.144. The van der Waals surface area contributed by atoms with Gasteiger partial charge in [0.15, 0.2) is 6.10 Å². The van der Waals surface area contributed by atoms with Crippen LogP contribution in [0.25, 0.3) is 0 Å².